The zero-order valence-electron chi connectivity index (χ0n) is 7.64. The lowest BCUT2D eigenvalue weighted by atomic mass is 10.3. The maximum atomic E-state index is 10.3. The van der Waals surface area contributed by atoms with Crippen LogP contribution in [0, 0.1) is 22.5 Å². The van der Waals surface area contributed by atoms with Crippen molar-refractivity contribution >= 4 is 5.69 Å². The van der Waals surface area contributed by atoms with Gasteiger partial charge in [-0.25, -0.2) is 0 Å². The van der Waals surface area contributed by atoms with Crippen LogP contribution in [-0.2, 0) is 0 Å². The third-order valence-corrected chi connectivity index (χ3v) is 1.60. The molecule has 72 valence electrons. The van der Waals surface area contributed by atoms with Crippen LogP contribution in [0.15, 0.2) is 24.3 Å². The molecule has 0 fully saturated rings. The highest BCUT2D eigenvalue weighted by atomic mass is 16.6. The summed E-state index contributed by atoms with van der Waals surface area (Å²) in [6.07, 6.45) is 4.78. The van der Waals surface area contributed by atoms with Gasteiger partial charge in [0.15, 0.2) is 6.10 Å². The van der Waals surface area contributed by atoms with E-state index in [1.807, 2.05) is 0 Å². The number of ether oxygens (including phenoxy) is 1. The van der Waals surface area contributed by atoms with Crippen LogP contribution in [-0.4, -0.2) is 11.0 Å². The Kier molecular flexibility index (Phi) is 3.08. The normalized spacial score (nSPS) is 11.4. The minimum Gasteiger partial charge on any atom is -0.478 e. The molecule has 0 aliphatic heterocycles. The van der Waals surface area contributed by atoms with E-state index < -0.39 is 4.92 Å². The molecule has 1 rings (SSSR count). The molecule has 0 spiro atoms. The highest BCUT2D eigenvalue weighted by molar-refractivity contribution is 5.36. The van der Waals surface area contributed by atoms with E-state index in [1.165, 1.54) is 24.3 Å². The van der Waals surface area contributed by atoms with Gasteiger partial charge in [0.05, 0.1) is 4.92 Å². The number of nitro benzene ring substituents is 1. The number of terminal acetylenes is 1. The molecule has 0 unspecified atom stereocenters. The first-order valence-corrected chi connectivity index (χ1v) is 4.00. The summed E-state index contributed by atoms with van der Waals surface area (Å²) in [4.78, 5) is 9.86. The Morgan fingerprint density at radius 3 is 2.50 bits per heavy atom. The van der Waals surface area contributed by atoms with E-state index in [4.69, 9.17) is 11.2 Å². The van der Waals surface area contributed by atoms with Crippen LogP contribution in [0.3, 0.4) is 0 Å². The Bertz CT molecular complexity index is 364. The highest BCUT2D eigenvalue weighted by Gasteiger charge is 2.05. The summed E-state index contributed by atoms with van der Waals surface area (Å²) < 4.78 is 5.24. The lowest BCUT2D eigenvalue weighted by Gasteiger charge is -2.07. The summed E-state index contributed by atoms with van der Waals surface area (Å²) in [5.41, 5.74) is 0.0331. The van der Waals surface area contributed by atoms with Gasteiger partial charge in [0.2, 0.25) is 0 Å². The predicted octanol–water partition coefficient (Wildman–Crippen LogP) is 2.00. The molecule has 0 saturated carbocycles. The van der Waals surface area contributed by atoms with E-state index in [1.54, 1.807) is 6.92 Å². The summed E-state index contributed by atoms with van der Waals surface area (Å²) in [5.74, 6) is 2.92. The van der Waals surface area contributed by atoms with E-state index in [0.29, 0.717) is 5.75 Å². The Hall–Kier alpha value is -2.02. The van der Waals surface area contributed by atoms with Crippen LogP contribution in [0.5, 0.6) is 5.75 Å². The second-order valence-corrected chi connectivity index (χ2v) is 2.68. The number of hydrogen-bond acceptors (Lipinski definition) is 3. The average Bonchev–Trinajstić information content (AvgIpc) is 2.18. The van der Waals surface area contributed by atoms with Crippen LogP contribution >= 0.6 is 0 Å². The fraction of sp³-hybridized carbons (Fsp3) is 0.200. The number of hydrogen-bond donors (Lipinski definition) is 0. The fourth-order valence-corrected chi connectivity index (χ4v) is 0.885. The van der Waals surface area contributed by atoms with E-state index in [0.717, 1.165) is 0 Å². The quantitative estimate of drug-likeness (QED) is 0.417. The van der Waals surface area contributed by atoms with Crippen molar-refractivity contribution in [3.63, 3.8) is 0 Å². The van der Waals surface area contributed by atoms with E-state index >= 15 is 0 Å². The molecule has 4 nitrogen and oxygen atoms in total. The second-order valence-electron chi connectivity index (χ2n) is 2.68. The van der Waals surface area contributed by atoms with Gasteiger partial charge in [-0.05, 0) is 19.1 Å². The molecule has 1 atom stereocenters. The lowest BCUT2D eigenvalue weighted by molar-refractivity contribution is -0.384. The number of benzene rings is 1. The van der Waals surface area contributed by atoms with Gasteiger partial charge in [-0.15, -0.1) is 6.42 Å². The van der Waals surface area contributed by atoms with Gasteiger partial charge in [-0.1, -0.05) is 5.92 Å². The molecule has 0 bridgehead atoms. The molecular formula is C10H9NO3. The van der Waals surface area contributed by atoms with E-state index in [9.17, 15) is 10.1 Å². The minimum absolute atomic E-state index is 0.0331. The van der Waals surface area contributed by atoms with Crippen molar-refractivity contribution in [3.8, 4) is 18.1 Å². The fourth-order valence-electron chi connectivity index (χ4n) is 0.885. The molecule has 0 aromatic heterocycles. The van der Waals surface area contributed by atoms with Crippen molar-refractivity contribution in [2.45, 2.75) is 13.0 Å². The molecule has 0 heterocycles. The van der Waals surface area contributed by atoms with Gasteiger partial charge in [-0.2, -0.15) is 0 Å². The largest absolute Gasteiger partial charge is 0.478 e. The topological polar surface area (TPSA) is 52.4 Å². The number of rotatable bonds is 3. The zero-order chi connectivity index (χ0) is 10.6. The SMILES string of the molecule is C#C[C@H](C)Oc1ccc([N+](=O)[O-])cc1. The molecule has 0 aliphatic rings. The average molecular weight is 191 g/mol. The molecule has 14 heavy (non-hydrogen) atoms. The van der Waals surface area contributed by atoms with Crippen molar-refractivity contribution in [1.29, 1.82) is 0 Å². The summed E-state index contributed by atoms with van der Waals surface area (Å²) in [6, 6.07) is 5.79. The molecule has 0 radical (unpaired) electrons. The lowest BCUT2D eigenvalue weighted by Crippen LogP contribution is -2.07. The van der Waals surface area contributed by atoms with E-state index in [-0.39, 0.29) is 11.8 Å². The van der Waals surface area contributed by atoms with Crippen molar-refractivity contribution < 1.29 is 9.66 Å². The monoisotopic (exact) mass is 191 g/mol. The summed E-state index contributed by atoms with van der Waals surface area (Å²) in [7, 11) is 0. The van der Waals surface area contributed by atoms with Crippen LogP contribution in [0.4, 0.5) is 5.69 Å². The smallest absolute Gasteiger partial charge is 0.269 e. The van der Waals surface area contributed by atoms with Crippen molar-refractivity contribution in [1.82, 2.24) is 0 Å². The summed E-state index contributed by atoms with van der Waals surface area (Å²) in [5, 5.41) is 10.3. The van der Waals surface area contributed by atoms with Crippen LogP contribution in [0.2, 0.25) is 0 Å². The number of nitro groups is 1. The third kappa shape index (κ3) is 2.49. The number of nitrogens with zero attached hydrogens (tertiary/aromatic N) is 1. The van der Waals surface area contributed by atoms with Crippen molar-refractivity contribution in [3.05, 3.63) is 34.4 Å². The first kappa shape index (κ1) is 10.1. The minimum atomic E-state index is -0.464. The molecule has 4 heteroatoms. The van der Waals surface area contributed by atoms with Gasteiger partial charge in [0.25, 0.3) is 5.69 Å². The Labute approximate surface area is 81.7 Å². The Balaban J connectivity index is 2.75. The van der Waals surface area contributed by atoms with Crippen LogP contribution < -0.4 is 4.74 Å². The van der Waals surface area contributed by atoms with Crippen LogP contribution in [0.25, 0.3) is 0 Å². The second kappa shape index (κ2) is 4.28. The van der Waals surface area contributed by atoms with Gasteiger partial charge in [-0.3, -0.25) is 10.1 Å². The van der Waals surface area contributed by atoms with Crippen molar-refractivity contribution in [2.75, 3.05) is 0 Å². The predicted molar refractivity (Wildman–Crippen MR) is 52.0 cm³/mol. The van der Waals surface area contributed by atoms with E-state index in [2.05, 4.69) is 5.92 Å². The van der Waals surface area contributed by atoms with Gasteiger partial charge < -0.3 is 4.74 Å². The zero-order valence-corrected chi connectivity index (χ0v) is 7.64. The third-order valence-electron chi connectivity index (χ3n) is 1.60. The molecule has 0 saturated heterocycles. The maximum absolute atomic E-state index is 10.3. The molecular weight excluding hydrogens is 182 g/mol. The molecule has 1 aromatic rings. The summed E-state index contributed by atoms with van der Waals surface area (Å²) >= 11 is 0. The van der Waals surface area contributed by atoms with Gasteiger partial charge >= 0.3 is 0 Å². The highest BCUT2D eigenvalue weighted by Crippen LogP contribution is 2.17. The Morgan fingerprint density at radius 1 is 1.50 bits per heavy atom. The first-order valence-electron chi connectivity index (χ1n) is 4.00. The molecule has 0 aliphatic carbocycles. The standard InChI is InChI=1S/C10H9NO3/c1-3-8(2)14-10-6-4-9(5-7-10)11(12)13/h1,4-8H,2H3/t8-/m0/s1. The van der Waals surface area contributed by atoms with Crippen molar-refractivity contribution in [2.24, 2.45) is 0 Å². The van der Waals surface area contributed by atoms with Crippen LogP contribution in [0.1, 0.15) is 6.92 Å². The number of non-ortho nitro benzene ring substituents is 1. The summed E-state index contributed by atoms with van der Waals surface area (Å²) in [6.45, 7) is 1.72. The molecule has 0 amide bonds. The molecule has 0 N–H and O–H groups in total. The van der Waals surface area contributed by atoms with Gasteiger partial charge in [0.1, 0.15) is 5.75 Å². The maximum Gasteiger partial charge on any atom is 0.269 e. The molecule has 1 aromatic carbocycles. The Morgan fingerprint density at radius 2 is 2.07 bits per heavy atom. The first-order chi connectivity index (χ1) is 6.63. The van der Waals surface area contributed by atoms with Gasteiger partial charge in [0, 0.05) is 12.1 Å².